The number of nitrogens with zero attached hydrogens (tertiary/aromatic N) is 2. The van der Waals surface area contributed by atoms with E-state index in [1.165, 1.54) is 0 Å². The third-order valence-electron chi connectivity index (χ3n) is 2.60. The van der Waals surface area contributed by atoms with E-state index in [1.54, 1.807) is 13.0 Å². The molecule has 2 rings (SSSR count). The van der Waals surface area contributed by atoms with Gasteiger partial charge in [0.15, 0.2) is 12.4 Å². The van der Waals surface area contributed by atoms with Crippen LogP contribution in [0.4, 0.5) is 0 Å². The van der Waals surface area contributed by atoms with Crippen molar-refractivity contribution in [1.82, 2.24) is 10.1 Å². The number of benzene rings is 1. The molecule has 5 nitrogen and oxygen atoms in total. The zero-order chi connectivity index (χ0) is 13.8. The molecule has 1 N–H and O–H groups in total. The summed E-state index contributed by atoms with van der Waals surface area (Å²) in [6, 6.07) is 5.47. The Kier molecular flexibility index (Phi) is 4.55. The Morgan fingerprint density at radius 2 is 2.26 bits per heavy atom. The van der Waals surface area contributed by atoms with Gasteiger partial charge in [-0.05, 0) is 25.1 Å². The lowest BCUT2D eigenvalue weighted by Gasteiger charge is -2.12. The molecule has 102 valence electrons. The summed E-state index contributed by atoms with van der Waals surface area (Å²) in [6.45, 7) is 3.83. The van der Waals surface area contributed by atoms with Crippen LogP contribution < -0.4 is 4.74 Å². The number of aromatic nitrogens is 2. The van der Waals surface area contributed by atoms with Gasteiger partial charge in [0, 0.05) is 16.5 Å². The summed E-state index contributed by atoms with van der Waals surface area (Å²) < 4.78 is 11.6. The molecule has 1 heterocycles. The van der Waals surface area contributed by atoms with E-state index in [1.807, 2.05) is 19.1 Å². The summed E-state index contributed by atoms with van der Waals surface area (Å²) in [7, 11) is 0. The van der Waals surface area contributed by atoms with Gasteiger partial charge in [-0.2, -0.15) is 4.98 Å². The average molecular weight is 327 g/mol. The van der Waals surface area contributed by atoms with Crippen LogP contribution in [-0.2, 0) is 13.0 Å². The number of rotatable bonds is 5. The summed E-state index contributed by atoms with van der Waals surface area (Å²) in [5.41, 5.74) is 0.713. The number of halogens is 1. The van der Waals surface area contributed by atoms with Crippen molar-refractivity contribution in [2.45, 2.75) is 33.0 Å². The Balaban J connectivity index is 2.10. The third-order valence-corrected chi connectivity index (χ3v) is 3.09. The van der Waals surface area contributed by atoms with Gasteiger partial charge in [0.1, 0.15) is 5.75 Å². The van der Waals surface area contributed by atoms with Crippen molar-refractivity contribution >= 4 is 15.9 Å². The Bertz CT molecular complexity index is 555. The summed E-state index contributed by atoms with van der Waals surface area (Å²) in [6.07, 6.45) is 0.113. The predicted octanol–water partition coefficient (Wildman–Crippen LogP) is 3.03. The van der Waals surface area contributed by atoms with Gasteiger partial charge in [-0.15, -0.1) is 0 Å². The van der Waals surface area contributed by atoms with E-state index in [0.717, 1.165) is 10.9 Å². The minimum Gasteiger partial charge on any atom is -0.483 e. The van der Waals surface area contributed by atoms with E-state index >= 15 is 0 Å². The molecule has 6 heteroatoms. The van der Waals surface area contributed by atoms with E-state index < -0.39 is 6.10 Å². The summed E-state index contributed by atoms with van der Waals surface area (Å²) in [4.78, 5) is 4.16. The second-order valence-corrected chi connectivity index (χ2v) is 5.02. The van der Waals surface area contributed by atoms with Crippen LogP contribution >= 0.6 is 15.9 Å². The molecule has 19 heavy (non-hydrogen) atoms. The Morgan fingerprint density at radius 3 is 2.89 bits per heavy atom. The number of ether oxygens (including phenoxy) is 1. The molecule has 1 aromatic carbocycles. The van der Waals surface area contributed by atoms with E-state index in [9.17, 15) is 5.11 Å². The van der Waals surface area contributed by atoms with E-state index in [0.29, 0.717) is 23.0 Å². The van der Waals surface area contributed by atoms with Crippen molar-refractivity contribution in [1.29, 1.82) is 0 Å². The summed E-state index contributed by atoms with van der Waals surface area (Å²) >= 11 is 3.37. The topological polar surface area (TPSA) is 68.4 Å². The van der Waals surface area contributed by atoms with Gasteiger partial charge in [0.25, 0.3) is 5.89 Å². The minimum atomic E-state index is -0.610. The quantitative estimate of drug-likeness (QED) is 0.914. The maximum absolute atomic E-state index is 9.72. The third kappa shape index (κ3) is 3.54. The first-order valence-electron chi connectivity index (χ1n) is 6.02. The molecule has 1 atom stereocenters. The standard InChI is InChI=1S/C13H15BrN2O3/c1-3-12-15-13(19-16-12)7-18-11-5-4-9(14)6-10(11)8(2)17/h4-6,8,17H,3,7H2,1-2H3/t8-/m0/s1. The lowest BCUT2D eigenvalue weighted by Crippen LogP contribution is -2.01. The maximum atomic E-state index is 9.72. The molecule has 0 amide bonds. The van der Waals surface area contributed by atoms with E-state index in [-0.39, 0.29) is 6.61 Å². The zero-order valence-corrected chi connectivity index (χ0v) is 12.3. The van der Waals surface area contributed by atoms with Gasteiger partial charge in [-0.1, -0.05) is 28.0 Å². The van der Waals surface area contributed by atoms with Crippen molar-refractivity contribution in [3.8, 4) is 5.75 Å². The molecule has 0 spiro atoms. The predicted molar refractivity (Wildman–Crippen MR) is 72.8 cm³/mol. The van der Waals surface area contributed by atoms with Crippen LogP contribution in [0.25, 0.3) is 0 Å². The average Bonchev–Trinajstić information content (AvgIpc) is 2.85. The van der Waals surface area contributed by atoms with Crippen LogP contribution in [0.1, 0.15) is 37.2 Å². The zero-order valence-electron chi connectivity index (χ0n) is 10.8. The molecule has 0 aliphatic rings. The first-order chi connectivity index (χ1) is 9.10. The molecule has 0 saturated heterocycles. The van der Waals surface area contributed by atoms with E-state index in [2.05, 4.69) is 26.1 Å². The Morgan fingerprint density at radius 1 is 1.47 bits per heavy atom. The number of hydrogen-bond acceptors (Lipinski definition) is 5. The first-order valence-corrected chi connectivity index (χ1v) is 6.81. The highest BCUT2D eigenvalue weighted by Gasteiger charge is 2.12. The smallest absolute Gasteiger partial charge is 0.264 e. The fraction of sp³-hybridized carbons (Fsp3) is 0.385. The van der Waals surface area contributed by atoms with Crippen LogP contribution in [0.2, 0.25) is 0 Å². The molecule has 0 fully saturated rings. The van der Waals surface area contributed by atoms with Gasteiger partial charge in [0.2, 0.25) is 0 Å². The molecule has 0 bridgehead atoms. The van der Waals surface area contributed by atoms with Crippen LogP contribution in [-0.4, -0.2) is 15.2 Å². The molecule has 0 aliphatic carbocycles. The van der Waals surface area contributed by atoms with Crippen molar-refractivity contribution in [3.63, 3.8) is 0 Å². The monoisotopic (exact) mass is 326 g/mol. The number of aliphatic hydroxyl groups is 1. The molecule has 0 saturated carbocycles. The van der Waals surface area contributed by atoms with Crippen molar-refractivity contribution in [2.24, 2.45) is 0 Å². The molecule has 0 unspecified atom stereocenters. The second kappa shape index (κ2) is 6.16. The molecular weight excluding hydrogens is 312 g/mol. The molecule has 0 aliphatic heterocycles. The highest BCUT2D eigenvalue weighted by molar-refractivity contribution is 9.10. The molecule has 0 radical (unpaired) electrons. The van der Waals surface area contributed by atoms with Crippen molar-refractivity contribution < 1.29 is 14.4 Å². The van der Waals surface area contributed by atoms with Gasteiger partial charge in [-0.3, -0.25) is 0 Å². The number of aryl methyl sites for hydroxylation is 1. The fourth-order valence-corrected chi connectivity index (χ4v) is 1.99. The normalized spacial score (nSPS) is 12.4. The van der Waals surface area contributed by atoms with Crippen molar-refractivity contribution in [3.05, 3.63) is 40.0 Å². The molecule has 1 aromatic heterocycles. The number of aliphatic hydroxyl groups excluding tert-OH is 1. The fourth-order valence-electron chi connectivity index (χ4n) is 1.61. The Hall–Kier alpha value is -1.40. The second-order valence-electron chi connectivity index (χ2n) is 4.10. The van der Waals surface area contributed by atoms with Crippen LogP contribution in [0.15, 0.2) is 27.2 Å². The highest BCUT2D eigenvalue weighted by Crippen LogP contribution is 2.28. The minimum absolute atomic E-state index is 0.189. The molecule has 2 aromatic rings. The van der Waals surface area contributed by atoms with E-state index in [4.69, 9.17) is 9.26 Å². The first kappa shape index (κ1) is 14.0. The van der Waals surface area contributed by atoms with Gasteiger partial charge in [-0.25, -0.2) is 0 Å². The maximum Gasteiger partial charge on any atom is 0.264 e. The van der Waals surface area contributed by atoms with Gasteiger partial charge >= 0.3 is 0 Å². The van der Waals surface area contributed by atoms with Crippen LogP contribution in [0.5, 0.6) is 5.75 Å². The Labute approximate surface area is 119 Å². The lowest BCUT2D eigenvalue weighted by atomic mass is 10.1. The lowest BCUT2D eigenvalue weighted by molar-refractivity contribution is 0.185. The number of hydrogen-bond donors (Lipinski definition) is 1. The SMILES string of the molecule is CCc1noc(COc2ccc(Br)cc2[C@H](C)O)n1. The molecular formula is C13H15BrN2O3. The van der Waals surface area contributed by atoms with Crippen LogP contribution in [0.3, 0.4) is 0 Å². The summed E-state index contributed by atoms with van der Waals surface area (Å²) in [5.74, 6) is 1.69. The van der Waals surface area contributed by atoms with Crippen LogP contribution in [0, 0.1) is 0 Å². The van der Waals surface area contributed by atoms with Gasteiger partial charge in [0.05, 0.1) is 6.10 Å². The van der Waals surface area contributed by atoms with Gasteiger partial charge < -0.3 is 14.4 Å². The van der Waals surface area contributed by atoms with Crippen molar-refractivity contribution in [2.75, 3.05) is 0 Å². The largest absolute Gasteiger partial charge is 0.483 e. The highest BCUT2D eigenvalue weighted by atomic mass is 79.9. The summed E-state index contributed by atoms with van der Waals surface area (Å²) in [5, 5.41) is 13.5.